The number of fused-ring (bicyclic) bond motifs is 1. The molecule has 1 amide bonds. The molecular weight excluding hydrogens is 655 g/mol. The van der Waals surface area contributed by atoms with Gasteiger partial charge in [-0.2, -0.15) is 0 Å². The highest BCUT2D eigenvalue weighted by Gasteiger charge is 2.33. The normalized spacial score (nSPS) is 17.4. The second kappa shape index (κ2) is 12.0. The number of aromatic nitrogens is 1. The standard InChI is InChI=1S/C29H27ClF2IN3O2S/c1-34-19-5-7-20(8-6-19)36(29(37)28-26(30)25-21(31)9-10-22(32)27(25)39-28)15-18-13-16(3-11-23(18)38-2)17-4-12-24(33)35-14-17/h3-4,9-14,19-20,34H,5-8,15H2,1-2H3/t19-,20-. The molecule has 0 spiro atoms. The zero-order valence-electron chi connectivity index (χ0n) is 21.4. The quantitative estimate of drug-likeness (QED) is 0.161. The van der Waals surface area contributed by atoms with E-state index in [1.54, 1.807) is 12.0 Å². The third kappa shape index (κ3) is 5.77. The van der Waals surface area contributed by atoms with Gasteiger partial charge in [0.15, 0.2) is 0 Å². The molecule has 2 heterocycles. The minimum Gasteiger partial charge on any atom is -0.496 e. The molecule has 1 saturated carbocycles. The topological polar surface area (TPSA) is 54.5 Å². The van der Waals surface area contributed by atoms with Crippen LogP contribution in [0.2, 0.25) is 5.02 Å². The summed E-state index contributed by atoms with van der Waals surface area (Å²) in [5.41, 5.74) is 2.72. The molecule has 0 atom stereocenters. The fraction of sp³-hybridized carbons (Fsp3) is 0.310. The number of carbonyl (C=O) groups is 1. The number of nitrogens with zero attached hydrogens (tertiary/aromatic N) is 2. The lowest BCUT2D eigenvalue weighted by Gasteiger charge is -2.37. The van der Waals surface area contributed by atoms with Crippen molar-refractivity contribution in [3.05, 3.63) is 79.5 Å². The second-order valence-electron chi connectivity index (χ2n) is 9.60. The van der Waals surface area contributed by atoms with Crippen LogP contribution in [-0.2, 0) is 6.54 Å². The van der Waals surface area contributed by atoms with Crippen molar-refractivity contribution in [2.75, 3.05) is 14.2 Å². The maximum absolute atomic E-state index is 14.6. The molecule has 5 nitrogen and oxygen atoms in total. The van der Waals surface area contributed by atoms with Crippen LogP contribution in [0.4, 0.5) is 8.78 Å². The fourth-order valence-corrected chi connectivity index (χ4v) is 7.04. The van der Waals surface area contributed by atoms with Crippen molar-refractivity contribution in [3.63, 3.8) is 0 Å². The van der Waals surface area contributed by atoms with Crippen molar-refractivity contribution in [3.8, 4) is 16.9 Å². The van der Waals surface area contributed by atoms with E-state index in [9.17, 15) is 13.6 Å². The number of amides is 1. The van der Waals surface area contributed by atoms with Crippen molar-refractivity contribution in [2.24, 2.45) is 0 Å². The lowest BCUT2D eigenvalue weighted by atomic mass is 9.89. The summed E-state index contributed by atoms with van der Waals surface area (Å²) in [6.45, 7) is 0.262. The highest BCUT2D eigenvalue weighted by atomic mass is 127. The first-order valence-electron chi connectivity index (χ1n) is 12.6. The first-order valence-corrected chi connectivity index (χ1v) is 14.9. The van der Waals surface area contributed by atoms with Crippen molar-refractivity contribution in [2.45, 2.75) is 44.3 Å². The monoisotopic (exact) mass is 681 g/mol. The Hall–Kier alpha value is -2.34. The van der Waals surface area contributed by atoms with Gasteiger partial charge in [-0.3, -0.25) is 4.79 Å². The van der Waals surface area contributed by atoms with E-state index in [-0.39, 0.29) is 38.5 Å². The molecule has 1 aliphatic carbocycles. The van der Waals surface area contributed by atoms with Crippen molar-refractivity contribution >= 4 is 61.5 Å². The second-order valence-corrected chi connectivity index (χ2v) is 12.1. The minimum atomic E-state index is -0.645. The van der Waals surface area contributed by atoms with Gasteiger partial charge in [0.2, 0.25) is 0 Å². The van der Waals surface area contributed by atoms with Crippen molar-refractivity contribution in [1.29, 1.82) is 0 Å². The Bertz CT molecular complexity index is 1510. The number of rotatable bonds is 7. The molecule has 1 fully saturated rings. The molecule has 10 heteroatoms. The van der Waals surface area contributed by atoms with Crippen molar-refractivity contribution in [1.82, 2.24) is 15.2 Å². The Morgan fingerprint density at radius 3 is 2.49 bits per heavy atom. The molecule has 4 aromatic rings. The van der Waals surface area contributed by atoms with Crippen LogP contribution >= 0.6 is 45.5 Å². The number of pyridine rings is 1. The number of halogens is 4. The van der Waals surface area contributed by atoms with Gasteiger partial charge in [0.1, 0.15) is 26.0 Å². The molecule has 2 aromatic carbocycles. The van der Waals surface area contributed by atoms with Crippen molar-refractivity contribution < 1.29 is 18.3 Å². The van der Waals surface area contributed by atoms with Crippen LogP contribution < -0.4 is 10.1 Å². The Kier molecular flexibility index (Phi) is 8.70. The molecule has 39 heavy (non-hydrogen) atoms. The van der Waals surface area contributed by atoms with Crippen LogP contribution in [0.3, 0.4) is 0 Å². The molecule has 1 N–H and O–H groups in total. The largest absolute Gasteiger partial charge is 0.496 e. The number of thiophene rings is 1. The van der Waals surface area contributed by atoms with Gasteiger partial charge in [-0.05, 0) is 91.2 Å². The summed E-state index contributed by atoms with van der Waals surface area (Å²) in [4.78, 5) is 20.5. The molecule has 0 bridgehead atoms. The molecular formula is C29H27ClF2IN3O2S. The molecule has 0 saturated heterocycles. The molecule has 204 valence electrons. The fourth-order valence-electron chi connectivity index (χ4n) is 5.22. The van der Waals surface area contributed by atoms with E-state index in [1.165, 1.54) is 0 Å². The Morgan fingerprint density at radius 1 is 1.13 bits per heavy atom. The average molecular weight is 682 g/mol. The number of hydrogen-bond donors (Lipinski definition) is 1. The van der Waals surface area contributed by atoms with Gasteiger partial charge < -0.3 is 15.0 Å². The summed E-state index contributed by atoms with van der Waals surface area (Å²) in [5, 5.41) is 3.24. The van der Waals surface area contributed by atoms with E-state index in [0.717, 1.165) is 69.5 Å². The zero-order chi connectivity index (χ0) is 27.7. The number of carbonyl (C=O) groups excluding carboxylic acids is 1. The molecule has 0 radical (unpaired) electrons. The Labute approximate surface area is 248 Å². The zero-order valence-corrected chi connectivity index (χ0v) is 25.2. The molecule has 5 rings (SSSR count). The highest BCUT2D eigenvalue weighted by molar-refractivity contribution is 14.1. The van der Waals surface area contributed by atoms with E-state index >= 15 is 0 Å². The smallest absolute Gasteiger partial charge is 0.266 e. The number of nitrogens with one attached hydrogen (secondary N) is 1. The summed E-state index contributed by atoms with van der Waals surface area (Å²) in [5.74, 6) is -0.929. The highest BCUT2D eigenvalue weighted by Crippen LogP contribution is 2.40. The van der Waals surface area contributed by atoms with Gasteiger partial charge >= 0.3 is 0 Å². The van der Waals surface area contributed by atoms with Crippen LogP contribution in [0, 0.1) is 15.3 Å². The summed E-state index contributed by atoms with van der Waals surface area (Å²) in [7, 11) is 3.55. The predicted molar refractivity (Wildman–Crippen MR) is 161 cm³/mol. The van der Waals surface area contributed by atoms with Gasteiger partial charge in [0.25, 0.3) is 5.91 Å². The SMILES string of the molecule is CN[C@H]1CC[C@H](N(Cc2cc(-c3ccc(I)nc3)ccc2OC)C(=O)c2sc3c(F)ccc(F)c3c2Cl)CC1. The van der Waals surface area contributed by atoms with E-state index < -0.39 is 11.6 Å². The predicted octanol–water partition coefficient (Wildman–Crippen LogP) is 7.68. The van der Waals surface area contributed by atoms with Crippen LogP contribution in [-0.4, -0.2) is 42.0 Å². The summed E-state index contributed by atoms with van der Waals surface area (Å²) >= 11 is 9.62. The van der Waals surface area contributed by atoms with Gasteiger partial charge in [-0.25, -0.2) is 13.8 Å². The lowest BCUT2D eigenvalue weighted by Crippen LogP contribution is -2.44. The summed E-state index contributed by atoms with van der Waals surface area (Å²) < 4.78 is 35.8. The van der Waals surface area contributed by atoms with Gasteiger partial charge in [-0.1, -0.05) is 23.7 Å². The molecule has 0 aliphatic heterocycles. The number of hydrogen-bond acceptors (Lipinski definition) is 5. The lowest BCUT2D eigenvalue weighted by molar-refractivity contribution is 0.0604. The summed E-state index contributed by atoms with van der Waals surface area (Å²) in [6, 6.07) is 12.2. The average Bonchev–Trinajstić information content (AvgIpc) is 3.32. The van der Waals surface area contributed by atoms with Gasteiger partial charge in [0, 0.05) is 36.0 Å². The first kappa shape index (κ1) is 28.2. The van der Waals surface area contributed by atoms with E-state index in [2.05, 4.69) is 32.9 Å². The van der Waals surface area contributed by atoms with E-state index in [4.69, 9.17) is 16.3 Å². The van der Waals surface area contributed by atoms with Crippen LogP contribution in [0.5, 0.6) is 5.75 Å². The molecule has 2 aromatic heterocycles. The first-order chi connectivity index (χ1) is 18.8. The number of benzene rings is 2. The maximum Gasteiger partial charge on any atom is 0.266 e. The maximum atomic E-state index is 14.6. The third-order valence-corrected chi connectivity index (χ3v) is 9.68. The Morgan fingerprint density at radius 2 is 1.85 bits per heavy atom. The van der Waals surface area contributed by atoms with Crippen LogP contribution in [0.15, 0.2) is 48.7 Å². The van der Waals surface area contributed by atoms with Gasteiger partial charge in [0.05, 0.1) is 22.2 Å². The van der Waals surface area contributed by atoms with Crippen LogP contribution in [0.25, 0.3) is 21.2 Å². The molecule has 1 aliphatic rings. The minimum absolute atomic E-state index is 0.0448. The number of ether oxygens (including phenoxy) is 1. The van der Waals surface area contributed by atoms with Crippen LogP contribution in [0.1, 0.15) is 40.9 Å². The van der Waals surface area contributed by atoms with E-state index in [1.807, 2.05) is 43.6 Å². The van der Waals surface area contributed by atoms with E-state index in [0.29, 0.717) is 11.8 Å². The van der Waals surface area contributed by atoms with Gasteiger partial charge in [-0.15, -0.1) is 11.3 Å². The Balaban J connectivity index is 1.55. The molecule has 0 unspecified atom stereocenters. The third-order valence-electron chi connectivity index (χ3n) is 7.36. The number of methoxy groups -OCH3 is 1. The summed E-state index contributed by atoms with van der Waals surface area (Å²) in [6.07, 6.45) is 5.24.